The van der Waals surface area contributed by atoms with Crippen LogP contribution >= 0.6 is 36.8 Å². The van der Waals surface area contributed by atoms with E-state index in [0.29, 0.717) is 10.5 Å². The van der Waals surface area contributed by atoms with Crippen LogP contribution in [0.25, 0.3) is 6.08 Å². The lowest BCUT2D eigenvalue weighted by Crippen LogP contribution is -2.11. The highest BCUT2D eigenvalue weighted by atomic mass is 32.2. The number of nitrogens with zero attached hydrogens (tertiary/aromatic N) is 1. The second-order valence-corrected chi connectivity index (χ2v) is 4.84. The van der Waals surface area contributed by atoms with Crippen molar-refractivity contribution in [2.24, 2.45) is 10.3 Å². The van der Waals surface area contributed by atoms with Crippen LogP contribution < -0.4 is 5.73 Å². The fourth-order valence-corrected chi connectivity index (χ4v) is 1.87. The average molecular weight is 346 g/mol. The first-order valence-electron chi connectivity index (χ1n) is 5.84. The maximum Gasteiger partial charge on any atom is 0.255 e. The summed E-state index contributed by atoms with van der Waals surface area (Å²) < 4.78 is 3.30. The molecular formula is C13H18N2O3S3. The molecule has 0 aliphatic rings. The molecule has 21 heavy (non-hydrogen) atoms. The molecule has 0 heterocycles. The Morgan fingerprint density at radius 2 is 2.00 bits per heavy atom. The normalized spacial score (nSPS) is 9.43. The number of amides is 1. The number of benzene rings is 1. The first-order chi connectivity index (χ1) is 9.96. The van der Waals surface area contributed by atoms with Crippen LogP contribution in [0.2, 0.25) is 0 Å². The number of carbonyl (C=O) groups excluding carboxylic acids is 1. The van der Waals surface area contributed by atoms with E-state index in [1.54, 1.807) is 18.2 Å². The summed E-state index contributed by atoms with van der Waals surface area (Å²) in [7, 11) is 0. The van der Waals surface area contributed by atoms with E-state index in [1.807, 2.05) is 25.4 Å². The molecule has 0 spiro atoms. The maximum atomic E-state index is 11.1. The van der Waals surface area contributed by atoms with E-state index in [1.165, 1.54) is 10.8 Å². The van der Waals surface area contributed by atoms with Gasteiger partial charge in [-0.25, -0.2) is 0 Å². The van der Waals surface area contributed by atoms with Crippen LogP contribution in [0.15, 0.2) is 27.7 Å². The van der Waals surface area contributed by atoms with Gasteiger partial charge in [0.2, 0.25) is 0 Å². The van der Waals surface area contributed by atoms with Gasteiger partial charge in [0.1, 0.15) is 5.75 Å². The van der Waals surface area contributed by atoms with Crippen molar-refractivity contribution in [2.45, 2.75) is 20.8 Å². The van der Waals surface area contributed by atoms with Gasteiger partial charge in [0.05, 0.1) is 4.91 Å². The predicted octanol–water partition coefficient (Wildman–Crippen LogP) is 3.84. The molecule has 0 bridgehead atoms. The topological polar surface area (TPSA) is 92.8 Å². The third-order valence-corrected chi connectivity index (χ3v) is 2.85. The lowest BCUT2D eigenvalue weighted by molar-refractivity contribution is -0.113. The largest absolute Gasteiger partial charge is 0.507 e. The number of thiol groups is 1. The van der Waals surface area contributed by atoms with Crippen molar-refractivity contribution in [3.05, 3.63) is 39.1 Å². The summed E-state index contributed by atoms with van der Waals surface area (Å²) in [6.45, 7) is 5.90. The van der Waals surface area contributed by atoms with Crippen molar-refractivity contribution >= 4 is 53.5 Å². The minimum absolute atomic E-state index is 0.106. The molecule has 0 atom stereocenters. The molecule has 1 aromatic rings. The van der Waals surface area contributed by atoms with E-state index in [-0.39, 0.29) is 5.75 Å². The first kappa shape index (κ1) is 21.9. The Morgan fingerprint density at radius 1 is 1.48 bits per heavy atom. The summed E-state index contributed by atoms with van der Waals surface area (Å²) in [5, 5.41) is 9.59. The van der Waals surface area contributed by atoms with E-state index < -0.39 is 5.91 Å². The molecule has 1 amide bonds. The van der Waals surface area contributed by atoms with Crippen LogP contribution in [0.4, 0.5) is 0 Å². The quantitative estimate of drug-likeness (QED) is 0.333. The smallest absolute Gasteiger partial charge is 0.255 e. The zero-order chi connectivity index (χ0) is 16.8. The van der Waals surface area contributed by atoms with E-state index in [0.717, 1.165) is 17.3 Å². The molecule has 0 saturated heterocycles. The third kappa shape index (κ3) is 10.1. The highest BCUT2D eigenvalue weighted by Gasteiger charge is 2.06. The molecule has 0 saturated carbocycles. The fraction of sp³-hybridized carbons (Fsp3) is 0.231. The van der Waals surface area contributed by atoms with Gasteiger partial charge in [-0.3, -0.25) is 4.79 Å². The van der Waals surface area contributed by atoms with Crippen molar-refractivity contribution in [3.8, 4) is 5.75 Å². The molecule has 0 aromatic heterocycles. The Labute approximate surface area is 139 Å². The number of primary amides is 1. The SMILES string of the molecule is CC.Cc1ccc(O)c(/C=C(\SC=S)C(N)=O)c1.O=NS. The van der Waals surface area contributed by atoms with Gasteiger partial charge in [0, 0.05) is 27.7 Å². The van der Waals surface area contributed by atoms with Gasteiger partial charge in [0.25, 0.3) is 5.91 Å². The van der Waals surface area contributed by atoms with E-state index >= 15 is 0 Å². The highest BCUT2D eigenvalue weighted by Crippen LogP contribution is 2.24. The number of carbonyl (C=O) groups is 1. The van der Waals surface area contributed by atoms with Crippen LogP contribution in [0.3, 0.4) is 0 Å². The van der Waals surface area contributed by atoms with E-state index in [2.05, 4.69) is 25.0 Å². The van der Waals surface area contributed by atoms with Crippen LogP contribution in [-0.4, -0.2) is 15.7 Å². The van der Waals surface area contributed by atoms with E-state index in [4.69, 9.17) is 10.6 Å². The zero-order valence-electron chi connectivity index (χ0n) is 11.9. The Balaban J connectivity index is 0. The number of aromatic hydroxyl groups is 1. The molecule has 116 valence electrons. The summed E-state index contributed by atoms with van der Waals surface area (Å²) in [6.07, 6.45) is 1.53. The number of thioether (sulfide) groups is 1. The number of rotatable bonds is 4. The van der Waals surface area contributed by atoms with Gasteiger partial charge in [-0.15, -0.1) is 4.91 Å². The number of thiocarbonyl (C=S) groups is 1. The number of hydrogen-bond donors (Lipinski definition) is 3. The zero-order valence-corrected chi connectivity index (χ0v) is 14.5. The summed E-state index contributed by atoms with van der Waals surface area (Å²) in [5.74, 6) is -0.457. The van der Waals surface area contributed by atoms with Crippen LogP contribution in [0.5, 0.6) is 5.75 Å². The van der Waals surface area contributed by atoms with Gasteiger partial charge in [-0.2, -0.15) is 0 Å². The van der Waals surface area contributed by atoms with Crippen molar-refractivity contribution in [1.29, 1.82) is 0 Å². The Morgan fingerprint density at radius 3 is 2.43 bits per heavy atom. The number of phenols is 1. The molecule has 0 unspecified atom stereocenters. The van der Waals surface area contributed by atoms with Gasteiger partial charge in [-0.1, -0.05) is 49.5 Å². The average Bonchev–Trinajstić information content (AvgIpc) is 2.45. The van der Waals surface area contributed by atoms with Crippen LogP contribution in [0, 0.1) is 11.8 Å². The number of nitrogens with two attached hydrogens (primary N) is 1. The molecule has 1 rings (SSSR count). The molecule has 5 nitrogen and oxygen atoms in total. The first-order valence-corrected chi connectivity index (χ1v) is 7.59. The van der Waals surface area contributed by atoms with Gasteiger partial charge in [0.15, 0.2) is 0 Å². The molecule has 0 aliphatic heterocycles. The maximum absolute atomic E-state index is 11.1. The molecule has 0 radical (unpaired) electrons. The van der Waals surface area contributed by atoms with Gasteiger partial charge < -0.3 is 10.8 Å². The van der Waals surface area contributed by atoms with Gasteiger partial charge >= 0.3 is 0 Å². The lowest BCUT2D eigenvalue weighted by atomic mass is 10.1. The standard InChI is InChI=1S/C11H11NO2S2.C2H6.HNOS/c1-7-2-3-9(13)8(4-7)5-10(11(12)14)16-6-15;1-2;2-1-3/h2-6,13H,1H3,(H2,12,14);1-2H3;(H,2,3)/b10-5-;;. The molecular weight excluding hydrogens is 328 g/mol. The summed E-state index contributed by atoms with van der Waals surface area (Å²) in [6, 6.07) is 5.12. The second kappa shape index (κ2) is 13.6. The van der Waals surface area contributed by atoms with Crippen molar-refractivity contribution in [1.82, 2.24) is 0 Å². The Kier molecular flexibility index (Phi) is 14.2. The monoisotopic (exact) mass is 346 g/mol. The number of nitroso groups, excluding NO2 is 1. The molecule has 1 aromatic carbocycles. The number of phenolic OH excluding ortho intramolecular Hbond substituents is 1. The summed E-state index contributed by atoms with van der Waals surface area (Å²) in [5.41, 5.74) is 6.72. The molecule has 8 heteroatoms. The van der Waals surface area contributed by atoms with Crippen molar-refractivity contribution in [3.63, 3.8) is 0 Å². The third-order valence-electron chi connectivity index (χ3n) is 1.89. The summed E-state index contributed by atoms with van der Waals surface area (Å²) in [4.78, 5) is 19.8. The number of hydrogen-bond acceptors (Lipinski definition) is 6. The highest BCUT2D eigenvalue weighted by molar-refractivity contribution is 8.24. The van der Waals surface area contributed by atoms with Gasteiger partial charge in [-0.05, 0) is 25.1 Å². The van der Waals surface area contributed by atoms with Crippen LogP contribution in [0.1, 0.15) is 25.0 Å². The van der Waals surface area contributed by atoms with Crippen molar-refractivity contribution < 1.29 is 9.90 Å². The molecule has 3 N–H and O–H groups in total. The predicted molar refractivity (Wildman–Crippen MR) is 97.4 cm³/mol. The lowest BCUT2D eigenvalue weighted by Gasteiger charge is -2.03. The minimum Gasteiger partial charge on any atom is -0.507 e. The molecule has 0 aliphatic carbocycles. The minimum atomic E-state index is -0.563. The number of aryl methyl sites for hydroxylation is 1. The van der Waals surface area contributed by atoms with Crippen LogP contribution in [-0.2, 0) is 4.79 Å². The second-order valence-electron chi connectivity index (χ2n) is 3.23. The van der Waals surface area contributed by atoms with Crippen molar-refractivity contribution in [2.75, 3.05) is 0 Å². The molecule has 0 fully saturated rings. The van der Waals surface area contributed by atoms with E-state index in [9.17, 15) is 9.90 Å². The summed E-state index contributed by atoms with van der Waals surface area (Å²) >= 11 is 8.57. The fourth-order valence-electron chi connectivity index (χ4n) is 1.15. The Hall–Kier alpha value is -1.38. The Bertz CT molecular complexity index is 505.